The van der Waals surface area contributed by atoms with E-state index in [1.165, 1.54) is 10.4 Å². The van der Waals surface area contributed by atoms with E-state index >= 15 is 0 Å². The lowest BCUT2D eigenvalue weighted by molar-refractivity contribution is 0.924. The van der Waals surface area contributed by atoms with Crippen molar-refractivity contribution in [3.8, 4) is 0 Å². The highest BCUT2D eigenvalue weighted by Crippen LogP contribution is 2.23. The number of anilines is 2. The lowest BCUT2D eigenvalue weighted by Gasteiger charge is -2.13. The minimum absolute atomic E-state index is 0.824. The molecule has 0 saturated carbocycles. The first-order valence-corrected chi connectivity index (χ1v) is 7.91. The first-order valence-electron chi connectivity index (χ1n) is 7.03. The van der Waals surface area contributed by atoms with Crippen LogP contribution in [-0.4, -0.2) is 17.0 Å². The van der Waals surface area contributed by atoms with Gasteiger partial charge in [0.05, 0.1) is 6.54 Å². The maximum atomic E-state index is 4.60. The molecule has 20 heavy (non-hydrogen) atoms. The molecule has 4 nitrogen and oxygen atoms in total. The molecule has 0 aromatic carbocycles. The first-order chi connectivity index (χ1) is 9.69. The van der Waals surface area contributed by atoms with Gasteiger partial charge in [-0.1, -0.05) is 13.8 Å². The molecule has 0 bridgehead atoms. The summed E-state index contributed by atoms with van der Waals surface area (Å²) in [6.07, 6.45) is 1.91. The first kappa shape index (κ1) is 14.8. The van der Waals surface area contributed by atoms with Crippen molar-refractivity contribution >= 4 is 23.0 Å². The van der Waals surface area contributed by atoms with Crippen molar-refractivity contribution in [3.05, 3.63) is 33.3 Å². The highest BCUT2D eigenvalue weighted by molar-refractivity contribution is 7.10. The number of hydrogen-bond donors (Lipinski definition) is 2. The molecule has 0 unspecified atom stereocenters. The van der Waals surface area contributed by atoms with Gasteiger partial charge in [0.25, 0.3) is 0 Å². The van der Waals surface area contributed by atoms with Crippen LogP contribution in [-0.2, 0) is 19.4 Å². The summed E-state index contributed by atoms with van der Waals surface area (Å²) >= 11 is 1.80. The van der Waals surface area contributed by atoms with Gasteiger partial charge in [-0.3, -0.25) is 0 Å². The van der Waals surface area contributed by atoms with Crippen molar-refractivity contribution in [2.24, 2.45) is 0 Å². The number of hydrogen-bond acceptors (Lipinski definition) is 5. The molecule has 5 heteroatoms. The molecule has 0 aliphatic carbocycles. The Morgan fingerprint density at radius 1 is 1.15 bits per heavy atom. The third-order valence-corrected chi connectivity index (χ3v) is 4.34. The molecule has 0 atom stereocenters. The fraction of sp³-hybridized carbons (Fsp3) is 0.467. The lowest BCUT2D eigenvalue weighted by Crippen LogP contribution is -2.09. The predicted octanol–water partition coefficient (Wildman–Crippen LogP) is 3.63. The van der Waals surface area contributed by atoms with Gasteiger partial charge in [-0.25, -0.2) is 9.97 Å². The minimum Gasteiger partial charge on any atom is -0.373 e. The van der Waals surface area contributed by atoms with E-state index in [1.807, 2.05) is 14.0 Å². The topological polar surface area (TPSA) is 49.8 Å². The Bertz CT molecular complexity index is 577. The van der Waals surface area contributed by atoms with Crippen molar-refractivity contribution < 1.29 is 0 Å². The van der Waals surface area contributed by atoms with Gasteiger partial charge in [-0.2, -0.15) is 0 Å². The molecule has 0 spiro atoms. The van der Waals surface area contributed by atoms with Crippen LogP contribution in [0.25, 0.3) is 0 Å². The van der Waals surface area contributed by atoms with Crippen molar-refractivity contribution in [1.29, 1.82) is 0 Å². The summed E-state index contributed by atoms with van der Waals surface area (Å²) in [5.74, 6) is 2.70. The van der Waals surface area contributed by atoms with Crippen LogP contribution in [0, 0.1) is 6.92 Å². The third kappa shape index (κ3) is 3.10. The number of aromatic nitrogens is 2. The number of nitrogens with one attached hydrogen (secondary N) is 2. The zero-order chi connectivity index (χ0) is 14.5. The van der Waals surface area contributed by atoms with Gasteiger partial charge >= 0.3 is 0 Å². The Kier molecular flexibility index (Phi) is 4.95. The Morgan fingerprint density at radius 3 is 2.55 bits per heavy atom. The van der Waals surface area contributed by atoms with Crippen LogP contribution in [0.1, 0.15) is 35.7 Å². The Hall–Kier alpha value is -1.62. The minimum atomic E-state index is 0.824. The molecule has 0 fully saturated rings. The zero-order valence-electron chi connectivity index (χ0n) is 12.6. The van der Waals surface area contributed by atoms with Gasteiger partial charge in [0.1, 0.15) is 17.5 Å². The second kappa shape index (κ2) is 6.70. The van der Waals surface area contributed by atoms with Crippen molar-refractivity contribution in [2.45, 2.75) is 40.2 Å². The Morgan fingerprint density at radius 2 is 1.90 bits per heavy atom. The van der Waals surface area contributed by atoms with Gasteiger partial charge in [-0.15, -0.1) is 11.3 Å². The van der Waals surface area contributed by atoms with Crippen LogP contribution >= 0.6 is 11.3 Å². The summed E-state index contributed by atoms with van der Waals surface area (Å²) in [6, 6.07) is 2.20. The zero-order valence-corrected chi connectivity index (χ0v) is 13.4. The fourth-order valence-electron chi connectivity index (χ4n) is 2.14. The molecule has 0 aliphatic heterocycles. The van der Waals surface area contributed by atoms with E-state index in [4.69, 9.17) is 0 Å². The van der Waals surface area contributed by atoms with Gasteiger partial charge in [0.15, 0.2) is 0 Å². The van der Waals surface area contributed by atoms with E-state index < -0.39 is 0 Å². The SMILES string of the molecule is CCc1nc(NC)c(C)c(NCc2sccc2CC)n1. The van der Waals surface area contributed by atoms with Gasteiger partial charge in [-0.05, 0) is 30.4 Å². The molecule has 2 N–H and O–H groups in total. The fourth-order valence-corrected chi connectivity index (χ4v) is 3.05. The molecule has 0 radical (unpaired) electrons. The van der Waals surface area contributed by atoms with Crippen molar-refractivity contribution in [3.63, 3.8) is 0 Å². The van der Waals surface area contributed by atoms with Crippen LogP contribution in [0.2, 0.25) is 0 Å². The number of thiophene rings is 1. The predicted molar refractivity (Wildman–Crippen MR) is 86.7 cm³/mol. The summed E-state index contributed by atoms with van der Waals surface area (Å²) < 4.78 is 0. The maximum absolute atomic E-state index is 4.60. The molecule has 0 aliphatic rings. The van der Waals surface area contributed by atoms with Crippen LogP contribution in [0.3, 0.4) is 0 Å². The van der Waals surface area contributed by atoms with Crippen molar-refractivity contribution in [2.75, 3.05) is 17.7 Å². The normalized spacial score (nSPS) is 10.6. The largest absolute Gasteiger partial charge is 0.373 e. The summed E-state index contributed by atoms with van der Waals surface area (Å²) in [5, 5.41) is 8.75. The van der Waals surface area contributed by atoms with E-state index in [0.717, 1.165) is 42.4 Å². The molecule has 2 aromatic heterocycles. The monoisotopic (exact) mass is 290 g/mol. The van der Waals surface area contributed by atoms with Gasteiger partial charge < -0.3 is 10.6 Å². The van der Waals surface area contributed by atoms with E-state index in [1.54, 1.807) is 11.3 Å². The van der Waals surface area contributed by atoms with Crippen LogP contribution in [0.4, 0.5) is 11.6 Å². The lowest BCUT2D eigenvalue weighted by atomic mass is 10.2. The van der Waals surface area contributed by atoms with E-state index in [2.05, 4.69) is 45.9 Å². The summed E-state index contributed by atoms with van der Waals surface area (Å²) in [4.78, 5) is 10.5. The van der Waals surface area contributed by atoms with Crippen LogP contribution < -0.4 is 10.6 Å². The van der Waals surface area contributed by atoms with Gasteiger partial charge in [0.2, 0.25) is 0 Å². The maximum Gasteiger partial charge on any atom is 0.135 e. The second-order valence-electron chi connectivity index (χ2n) is 4.64. The molecular formula is C15H22N4S. The molecule has 0 saturated heterocycles. The van der Waals surface area contributed by atoms with E-state index in [-0.39, 0.29) is 0 Å². The smallest absolute Gasteiger partial charge is 0.135 e. The van der Waals surface area contributed by atoms with Crippen LogP contribution in [0.5, 0.6) is 0 Å². The molecular weight excluding hydrogens is 268 g/mol. The summed E-state index contributed by atoms with van der Waals surface area (Å²) in [5.41, 5.74) is 2.48. The van der Waals surface area contributed by atoms with Crippen LogP contribution in [0.15, 0.2) is 11.4 Å². The average Bonchev–Trinajstić information content (AvgIpc) is 2.93. The molecule has 108 valence electrons. The summed E-state index contributed by atoms with van der Waals surface area (Å²) in [6.45, 7) is 7.13. The van der Waals surface area contributed by atoms with E-state index in [0.29, 0.717) is 0 Å². The average molecular weight is 290 g/mol. The van der Waals surface area contributed by atoms with E-state index in [9.17, 15) is 0 Å². The Labute approximate surface area is 124 Å². The molecule has 2 aromatic rings. The third-order valence-electron chi connectivity index (χ3n) is 3.38. The highest BCUT2D eigenvalue weighted by atomic mass is 32.1. The highest BCUT2D eigenvalue weighted by Gasteiger charge is 2.10. The second-order valence-corrected chi connectivity index (χ2v) is 5.64. The molecule has 2 heterocycles. The molecule has 2 rings (SSSR count). The van der Waals surface area contributed by atoms with Gasteiger partial charge in [0, 0.05) is 23.9 Å². The quantitative estimate of drug-likeness (QED) is 0.853. The molecule has 0 amide bonds. The van der Waals surface area contributed by atoms with Crippen molar-refractivity contribution in [1.82, 2.24) is 9.97 Å². The number of rotatable bonds is 6. The summed E-state index contributed by atoms with van der Waals surface area (Å²) in [7, 11) is 1.90. The number of aryl methyl sites for hydroxylation is 2. The standard InChI is InChI=1S/C15H22N4S/c1-5-11-7-8-20-12(11)9-17-15-10(3)14(16-4)18-13(6-2)19-15/h7-8H,5-6,9H2,1-4H3,(H2,16,17,18,19). The number of nitrogens with zero attached hydrogens (tertiary/aromatic N) is 2. The Balaban J connectivity index is 2.20.